The lowest BCUT2D eigenvalue weighted by Crippen LogP contribution is -2.16. The minimum absolute atomic E-state index is 0.0825. The molecule has 1 aromatic carbocycles. The Morgan fingerprint density at radius 3 is 2.79 bits per heavy atom. The fourth-order valence-corrected chi connectivity index (χ4v) is 1.65. The highest BCUT2D eigenvalue weighted by Gasteiger charge is 2.11. The molecular weight excluding hydrogens is 242 g/mol. The van der Waals surface area contributed by atoms with E-state index in [-0.39, 0.29) is 5.84 Å². The summed E-state index contributed by atoms with van der Waals surface area (Å²) in [4.78, 5) is 4.06. The van der Waals surface area contributed by atoms with Crippen molar-refractivity contribution < 1.29 is 9.94 Å². The first-order valence-electron chi connectivity index (χ1n) is 5.80. The minimum Gasteiger partial charge on any atom is -0.455 e. The number of hydrogen-bond acceptors (Lipinski definition) is 4. The van der Waals surface area contributed by atoms with Crippen LogP contribution in [0.5, 0.6) is 11.5 Å². The number of pyridine rings is 1. The molecule has 0 bridgehead atoms. The number of nitrogens with zero attached hydrogens (tertiary/aromatic N) is 2. The lowest BCUT2D eigenvalue weighted by Gasteiger charge is -2.11. The Kier molecular flexibility index (Phi) is 3.66. The average molecular weight is 257 g/mol. The predicted octanol–water partition coefficient (Wildman–Crippen LogP) is 2.59. The molecule has 0 spiro atoms. The van der Waals surface area contributed by atoms with E-state index >= 15 is 0 Å². The molecular formula is C14H15N3O2. The van der Waals surface area contributed by atoms with Gasteiger partial charge in [0, 0.05) is 6.20 Å². The largest absolute Gasteiger partial charge is 0.455 e. The molecule has 5 heteroatoms. The topological polar surface area (TPSA) is 80.7 Å². The summed E-state index contributed by atoms with van der Waals surface area (Å²) in [5, 5.41) is 11.7. The maximum atomic E-state index is 8.74. The molecule has 98 valence electrons. The number of rotatable bonds is 3. The Morgan fingerprint density at radius 2 is 2.05 bits per heavy atom. The van der Waals surface area contributed by atoms with E-state index in [2.05, 4.69) is 10.1 Å². The van der Waals surface area contributed by atoms with Crippen LogP contribution in [0.25, 0.3) is 0 Å². The zero-order valence-corrected chi connectivity index (χ0v) is 10.8. The first kappa shape index (κ1) is 12.9. The monoisotopic (exact) mass is 257 g/mol. The highest BCUT2D eigenvalue weighted by atomic mass is 16.5. The Morgan fingerprint density at radius 1 is 1.26 bits per heavy atom. The number of hydrogen-bond donors (Lipinski definition) is 2. The summed E-state index contributed by atoms with van der Waals surface area (Å²) >= 11 is 0. The van der Waals surface area contributed by atoms with Gasteiger partial charge >= 0.3 is 0 Å². The van der Waals surface area contributed by atoms with Gasteiger partial charge in [0.2, 0.25) is 0 Å². The van der Waals surface area contributed by atoms with Crippen molar-refractivity contribution in [3.63, 3.8) is 0 Å². The molecule has 5 nitrogen and oxygen atoms in total. The third-order valence-corrected chi connectivity index (χ3v) is 2.68. The van der Waals surface area contributed by atoms with Gasteiger partial charge in [-0.1, -0.05) is 17.3 Å². The maximum absolute atomic E-state index is 8.74. The van der Waals surface area contributed by atoms with Gasteiger partial charge in [-0.05, 0) is 43.2 Å². The zero-order chi connectivity index (χ0) is 13.8. The summed E-state index contributed by atoms with van der Waals surface area (Å²) in [7, 11) is 0. The van der Waals surface area contributed by atoms with Gasteiger partial charge < -0.3 is 15.7 Å². The molecule has 0 amide bonds. The minimum atomic E-state index is -0.0825. The summed E-state index contributed by atoms with van der Waals surface area (Å²) in [6, 6.07) is 9.37. The van der Waals surface area contributed by atoms with Gasteiger partial charge in [-0.2, -0.15) is 0 Å². The van der Waals surface area contributed by atoms with Crippen LogP contribution in [0.4, 0.5) is 0 Å². The van der Waals surface area contributed by atoms with Gasteiger partial charge in [0.15, 0.2) is 17.3 Å². The summed E-state index contributed by atoms with van der Waals surface area (Å²) in [5.74, 6) is 1.09. The summed E-state index contributed by atoms with van der Waals surface area (Å²) in [6.07, 6.45) is 1.56. The Bertz CT molecular complexity index is 624. The molecule has 2 aromatic rings. The number of amidine groups is 1. The first-order chi connectivity index (χ1) is 9.11. The van der Waals surface area contributed by atoms with Crippen molar-refractivity contribution >= 4 is 5.84 Å². The number of ether oxygens (including phenoxy) is 1. The van der Waals surface area contributed by atoms with Crippen molar-refractivity contribution in [1.82, 2.24) is 4.98 Å². The Hall–Kier alpha value is -2.56. The summed E-state index contributed by atoms with van der Waals surface area (Å²) < 4.78 is 5.81. The molecule has 1 aromatic heterocycles. The number of oxime groups is 1. The Labute approximate surface area is 111 Å². The second-order valence-electron chi connectivity index (χ2n) is 4.21. The SMILES string of the molecule is Cc1ccc(C)c(Oc2cccnc2/C(N)=N/O)c1. The van der Waals surface area contributed by atoms with Crippen LogP contribution in [0.3, 0.4) is 0 Å². The van der Waals surface area contributed by atoms with Crippen LogP contribution < -0.4 is 10.5 Å². The van der Waals surface area contributed by atoms with Crippen LogP contribution in [0, 0.1) is 13.8 Å². The molecule has 0 radical (unpaired) electrons. The molecule has 19 heavy (non-hydrogen) atoms. The highest BCUT2D eigenvalue weighted by Crippen LogP contribution is 2.27. The van der Waals surface area contributed by atoms with Crippen LogP contribution in [0.1, 0.15) is 16.8 Å². The van der Waals surface area contributed by atoms with Crippen molar-refractivity contribution in [3.05, 3.63) is 53.3 Å². The molecule has 0 aliphatic heterocycles. The van der Waals surface area contributed by atoms with Crippen LogP contribution in [-0.4, -0.2) is 16.0 Å². The van der Waals surface area contributed by atoms with Crippen LogP contribution in [-0.2, 0) is 0 Å². The van der Waals surface area contributed by atoms with Gasteiger partial charge in [-0.15, -0.1) is 0 Å². The van der Waals surface area contributed by atoms with E-state index < -0.39 is 0 Å². The fourth-order valence-electron chi connectivity index (χ4n) is 1.65. The molecule has 0 saturated heterocycles. The van der Waals surface area contributed by atoms with Crippen LogP contribution >= 0.6 is 0 Å². The van der Waals surface area contributed by atoms with Crippen molar-refractivity contribution in [1.29, 1.82) is 0 Å². The van der Waals surface area contributed by atoms with E-state index in [1.54, 1.807) is 18.3 Å². The third-order valence-electron chi connectivity index (χ3n) is 2.68. The normalized spacial score (nSPS) is 11.4. The number of benzene rings is 1. The highest BCUT2D eigenvalue weighted by molar-refractivity contribution is 5.97. The average Bonchev–Trinajstić information content (AvgIpc) is 2.42. The van der Waals surface area contributed by atoms with Gasteiger partial charge in [-0.25, -0.2) is 4.98 Å². The molecule has 3 N–H and O–H groups in total. The third kappa shape index (κ3) is 2.82. The van der Waals surface area contributed by atoms with Crippen LogP contribution in [0.2, 0.25) is 0 Å². The predicted molar refractivity (Wildman–Crippen MR) is 72.7 cm³/mol. The van der Waals surface area contributed by atoms with Crippen molar-refractivity contribution in [3.8, 4) is 11.5 Å². The molecule has 0 atom stereocenters. The van der Waals surface area contributed by atoms with Gasteiger partial charge in [0.25, 0.3) is 0 Å². The van der Waals surface area contributed by atoms with E-state index in [4.69, 9.17) is 15.7 Å². The van der Waals surface area contributed by atoms with E-state index in [9.17, 15) is 0 Å². The zero-order valence-electron chi connectivity index (χ0n) is 10.8. The molecule has 0 fully saturated rings. The molecule has 1 heterocycles. The van der Waals surface area contributed by atoms with Gasteiger partial charge in [-0.3, -0.25) is 0 Å². The van der Waals surface area contributed by atoms with E-state index in [1.807, 2.05) is 32.0 Å². The van der Waals surface area contributed by atoms with Gasteiger partial charge in [0.05, 0.1) is 0 Å². The Balaban J connectivity index is 2.41. The van der Waals surface area contributed by atoms with Crippen LogP contribution in [0.15, 0.2) is 41.7 Å². The number of aromatic nitrogens is 1. The van der Waals surface area contributed by atoms with Crippen molar-refractivity contribution in [2.45, 2.75) is 13.8 Å². The van der Waals surface area contributed by atoms with E-state index in [1.165, 1.54) is 0 Å². The van der Waals surface area contributed by atoms with Crippen molar-refractivity contribution in [2.75, 3.05) is 0 Å². The second kappa shape index (κ2) is 5.39. The van der Waals surface area contributed by atoms with Crippen molar-refractivity contribution in [2.24, 2.45) is 10.9 Å². The molecule has 2 rings (SSSR count). The lowest BCUT2D eigenvalue weighted by atomic mass is 10.1. The molecule has 0 saturated carbocycles. The molecule has 0 aliphatic rings. The van der Waals surface area contributed by atoms with E-state index in [0.717, 1.165) is 16.9 Å². The van der Waals surface area contributed by atoms with E-state index in [0.29, 0.717) is 11.4 Å². The fraction of sp³-hybridized carbons (Fsp3) is 0.143. The molecule has 0 aliphatic carbocycles. The summed E-state index contributed by atoms with van der Waals surface area (Å²) in [5.41, 5.74) is 7.98. The number of nitrogens with two attached hydrogens (primary N) is 1. The lowest BCUT2D eigenvalue weighted by molar-refractivity contribution is 0.318. The quantitative estimate of drug-likeness (QED) is 0.383. The number of aryl methyl sites for hydroxylation is 2. The molecule has 0 unspecified atom stereocenters. The van der Waals surface area contributed by atoms with Gasteiger partial charge in [0.1, 0.15) is 5.75 Å². The smallest absolute Gasteiger partial charge is 0.192 e. The maximum Gasteiger partial charge on any atom is 0.192 e. The second-order valence-corrected chi connectivity index (χ2v) is 4.21. The summed E-state index contributed by atoms with van der Waals surface area (Å²) in [6.45, 7) is 3.94. The first-order valence-corrected chi connectivity index (χ1v) is 5.80. The standard InChI is InChI=1S/C14H15N3O2/c1-9-5-6-10(2)12(8-9)19-11-4-3-7-16-13(11)14(15)17-18/h3-8,18H,1-2H3,(H2,15,17).